The first-order valence-electron chi connectivity index (χ1n) is 9.24. The molecule has 1 aliphatic heterocycles. The van der Waals surface area contributed by atoms with E-state index < -0.39 is 0 Å². The van der Waals surface area contributed by atoms with Crippen LogP contribution >= 0.6 is 34.4 Å². The number of fused-ring (bicyclic) bond motifs is 1. The molecule has 0 fully saturated rings. The smallest absolute Gasteiger partial charge is 0.257 e. The minimum absolute atomic E-state index is 0.0135. The SMILES string of the molecule is O=C(Cn1nc2c(c1NC(=O)c1ccccc1I)CSC2)NCc1ccc(F)cc1. The monoisotopic (exact) mass is 536 g/mol. The number of anilines is 1. The van der Waals surface area contributed by atoms with Crippen LogP contribution in [0.1, 0.15) is 27.2 Å². The summed E-state index contributed by atoms with van der Waals surface area (Å²) < 4.78 is 15.4. The van der Waals surface area contributed by atoms with Crippen molar-refractivity contribution in [3.05, 3.63) is 80.3 Å². The average Bonchev–Trinajstić information content (AvgIpc) is 3.30. The van der Waals surface area contributed by atoms with Crippen molar-refractivity contribution in [3.63, 3.8) is 0 Å². The molecule has 0 spiro atoms. The number of nitrogens with zero attached hydrogens (tertiary/aromatic N) is 2. The Morgan fingerprint density at radius 1 is 1.13 bits per heavy atom. The molecule has 1 aliphatic rings. The number of carbonyl (C=O) groups is 2. The van der Waals surface area contributed by atoms with E-state index in [0.717, 1.165) is 31.9 Å². The molecule has 0 radical (unpaired) electrons. The second-order valence-electron chi connectivity index (χ2n) is 6.76. The Morgan fingerprint density at radius 3 is 2.67 bits per heavy atom. The van der Waals surface area contributed by atoms with Crippen LogP contribution in [0, 0.1) is 9.39 Å². The second-order valence-corrected chi connectivity index (χ2v) is 8.91. The molecule has 2 amide bonds. The van der Waals surface area contributed by atoms with Gasteiger partial charge in [-0.05, 0) is 52.4 Å². The molecular weight excluding hydrogens is 518 g/mol. The van der Waals surface area contributed by atoms with E-state index in [4.69, 9.17) is 0 Å². The van der Waals surface area contributed by atoms with Crippen LogP contribution in [0.3, 0.4) is 0 Å². The van der Waals surface area contributed by atoms with Gasteiger partial charge in [-0.3, -0.25) is 9.59 Å². The maximum Gasteiger partial charge on any atom is 0.257 e. The fourth-order valence-electron chi connectivity index (χ4n) is 3.14. The molecule has 30 heavy (non-hydrogen) atoms. The van der Waals surface area contributed by atoms with Crippen LogP contribution in [0.4, 0.5) is 10.2 Å². The number of rotatable bonds is 6. The number of hydrogen-bond acceptors (Lipinski definition) is 4. The van der Waals surface area contributed by atoms with Gasteiger partial charge in [0.25, 0.3) is 5.91 Å². The molecule has 0 saturated carbocycles. The minimum Gasteiger partial charge on any atom is -0.350 e. The Bertz CT molecular complexity index is 1100. The van der Waals surface area contributed by atoms with E-state index in [2.05, 4.69) is 38.3 Å². The fourth-order valence-corrected chi connectivity index (χ4v) is 4.80. The third-order valence-corrected chi connectivity index (χ3v) is 6.58. The van der Waals surface area contributed by atoms with E-state index in [1.807, 2.05) is 18.2 Å². The first kappa shape index (κ1) is 20.9. The summed E-state index contributed by atoms with van der Waals surface area (Å²) in [6, 6.07) is 13.3. The first-order chi connectivity index (χ1) is 14.5. The maximum atomic E-state index is 13.0. The fraction of sp³-hybridized carbons (Fsp3) is 0.190. The van der Waals surface area contributed by atoms with Crippen LogP contribution in [-0.2, 0) is 29.4 Å². The number of hydrogen-bond donors (Lipinski definition) is 2. The molecule has 2 aromatic carbocycles. The highest BCUT2D eigenvalue weighted by atomic mass is 127. The molecule has 3 aromatic rings. The van der Waals surface area contributed by atoms with Crippen LogP contribution < -0.4 is 10.6 Å². The van der Waals surface area contributed by atoms with Crippen molar-refractivity contribution in [1.82, 2.24) is 15.1 Å². The molecule has 4 rings (SSSR count). The van der Waals surface area contributed by atoms with Crippen molar-refractivity contribution in [2.24, 2.45) is 0 Å². The average molecular weight is 536 g/mol. The molecule has 0 aliphatic carbocycles. The van der Waals surface area contributed by atoms with Crippen molar-refractivity contribution in [1.29, 1.82) is 0 Å². The number of halogens is 2. The number of nitrogens with one attached hydrogen (secondary N) is 2. The summed E-state index contributed by atoms with van der Waals surface area (Å²) in [6.07, 6.45) is 0. The molecular formula is C21H18FIN4O2S. The maximum absolute atomic E-state index is 13.0. The molecule has 6 nitrogen and oxygen atoms in total. The van der Waals surface area contributed by atoms with Gasteiger partial charge >= 0.3 is 0 Å². The van der Waals surface area contributed by atoms with Gasteiger partial charge in [-0.15, -0.1) is 0 Å². The molecule has 0 bridgehead atoms. The van der Waals surface area contributed by atoms with Crippen LogP contribution in [-0.4, -0.2) is 21.6 Å². The van der Waals surface area contributed by atoms with Crippen LogP contribution in [0.25, 0.3) is 0 Å². The zero-order valence-corrected chi connectivity index (χ0v) is 18.8. The van der Waals surface area contributed by atoms with Gasteiger partial charge in [0, 0.05) is 27.2 Å². The van der Waals surface area contributed by atoms with Crippen molar-refractivity contribution < 1.29 is 14.0 Å². The van der Waals surface area contributed by atoms with E-state index in [1.54, 1.807) is 34.6 Å². The lowest BCUT2D eigenvalue weighted by molar-refractivity contribution is -0.122. The summed E-state index contributed by atoms with van der Waals surface area (Å²) >= 11 is 3.85. The second kappa shape index (κ2) is 9.17. The normalized spacial score (nSPS) is 12.5. The Kier molecular flexibility index (Phi) is 6.38. The summed E-state index contributed by atoms with van der Waals surface area (Å²) in [7, 11) is 0. The number of aromatic nitrogens is 2. The van der Waals surface area contributed by atoms with Gasteiger partial charge in [0.15, 0.2) is 0 Å². The van der Waals surface area contributed by atoms with Crippen molar-refractivity contribution in [2.75, 3.05) is 5.32 Å². The minimum atomic E-state index is -0.317. The quantitative estimate of drug-likeness (QED) is 0.469. The lowest BCUT2D eigenvalue weighted by atomic mass is 10.2. The molecule has 1 aromatic heterocycles. The summed E-state index contributed by atoms with van der Waals surface area (Å²) in [5.74, 6) is 1.28. The topological polar surface area (TPSA) is 76.0 Å². The highest BCUT2D eigenvalue weighted by Crippen LogP contribution is 2.35. The third-order valence-electron chi connectivity index (χ3n) is 4.67. The van der Waals surface area contributed by atoms with Crippen molar-refractivity contribution in [3.8, 4) is 0 Å². The van der Waals surface area contributed by atoms with E-state index in [1.165, 1.54) is 12.1 Å². The van der Waals surface area contributed by atoms with E-state index in [0.29, 0.717) is 17.9 Å². The largest absolute Gasteiger partial charge is 0.350 e. The third kappa shape index (κ3) is 4.67. The van der Waals surface area contributed by atoms with Crippen LogP contribution in [0.5, 0.6) is 0 Å². The lowest BCUT2D eigenvalue weighted by Gasteiger charge is -2.12. The molecule has 0 atom stereocenters. The van der Waals surface area contributed by atoms with Gasteiger partial charge in [0.2, 0.25) is 5.91 Å². The molecule has 2 N–H and O–H groups in total. The number of carbonyl (C=O) groups excluding carboxylic acids is 2. The predicted octanol–water partition coefficient (Wildman–Crippen LogP) is 3.94. The standard InChI is InChI=1S/C21H18FIN4O2S/c22-14-7-5-13(6-8-14)9-24-19(28)10-27-20(16-11-30-12-18(16)26-27)25-21(29)15-3-1-2-4-17(15)23/h1-8H,9-12H2,(H,24,28)(H,25,29). The highest BCUT2D eigenvalue weighted by Gasteiger charge is 2.25. The molecule has 2 heterocycles. The number of thioether (sulfide) groups is 1. The molecule has 0 saturated heterocycles. The summed E-state index contributed by atoms with van der Waals surface area (Å²) in [4.78, 5) is 25.3. The van der Waals surface area contributed by atoms with Gasteiger partial charge in [-0.25, -0.2) is 9.07 Å². The van der Waals surface area contributed by atoms with Gasteiger partial charge in [0.05, 0.1) is 11.3 Å². The molecule has 9 heteroatoms. The van der Waals surface area contributed by atoms with Gasteiger partial charge in [0.1, 0.15) is 18.2 Å². The molecule has 0 unspecified atom stereocenters. The zero-order valence-electron chi connectivity index (χ0n) is 15.8. The Hall–Kier alpha value is -2.40. The lowest BCUT2D eigenvalue weighted by Crippen LogP contribution is -2.29. The van der Waals surface area contributed by atoms with Gasteiger partial charge in [-0.1, -0.05) is 24.3 Å². The van der Waals surface area contributed by atoms with Crippen LogP contribution in [0.2, 0.25) is 0 Å². The zero-order chi connectivity index (χ0) is 21.1. The van der Waals surface area contributed by atoms with E-state index in [9.17, 15) is 14.0 Å². The van der Waals surface area contributed by atoms with Crippen LogP contribution in [0.15, 0.2) is 48.5 Å². The number of amides is 2. The predicted molar refractivity (Wildman–Crippen MR) is 123 cm³/mol. The summed E-state index contributed by atoms with van der Waals surface area (Å²) in [6.45, 7) is 0.278. The Morgan fingerprint density at radius 2 is 1.90 bits per heavy atom. The van der Waals surface area contributed by atoms with Gasteiger partial charge in [-0.2, -0.15) is 16.9 Å². The van der Waals surface area contributed by atoms with E-state index >= 15 is 0 Å². The first-order valence-corrected chi connectivity index (χ1v) is 11.5. The van der Waals surface area contributed by atoms with Gasteiger partial charge < -0.3 is 10.6 Å². The van der Waals surface area contributed by atoms with Crippen molar-refractivity contribution >= 4 is 52.0 Å². The highest BCUT2D eigenvalue weighted by molar-refractivity contribution is 14.1. The Labute approximate surface area is 190 Å². The number of benzene rings is 2. The Balaban J connectivity index is 1.48. The summed E-state index contributed by atoms with van der Waals surface area (Å²) in [5.41, 5.74) is 3.23. The van der Waals surface area contributed by atoms with Crippen molar-refractivity contribution in [2.45, 2.75) is 24.6 Å². The molecule has 154 valence electrons. The van der Waals surface area contributed by atoms with E-state index in [-0.39, 0.29) is 24.2 Å². The summed E-state index contributed by atoms with van der Waals surface area (Å²) in [5, 5.41) is 10.3.